The maximum absolute atomic E-state index is 13.4. The van der Waals surface area contributed by atoms with Crippen LogP contribution in [0.3, 0.4) is 0 Å². The van der Waals surface area contributed by atoms with E-state index in [1.54, 1.807) is 51.1 Å². The summed E-state index contributed by atoms with van der Waals surface area (Å²) >= 11 is 0. The number of carbonyl (C=O) groups excluding carboxylic acids is 2. The van der Waals surface area contributed by atoms with Gasteiger partial charge in [-0.2, -0.15) is 0 Å². The van der Waals surface area contributed by atoms with Crippen molar-refractivity contribution in [1.82, 2.24) is 0 Å². The zero-order valence-electron chi connectivity index (χ0n) is 17.2. The number of rotatable bonds is 1. The van der Waals surface area contributed by atoms with Crippen molar-refractivity contribution < 1.29 is 29.3 Å². The van der Waals surface area contributed by atoms with Crippen LogP contribution >= 0.6 is 0 Å². The summed E-state index contributed by atoms with van der Waals surface area (Å²) in [6.45, 7) is 5.34. The van der Waals surface area contributed by atoms with Crippen LogP contribution < -0.4 is 4.74 Å². The highest BCUT2D eigenvalue weighted by atomic mass is 16.6. The van der Waals surface area contributed by atoms with E-state index in [4.69, 9.17) is 9.47 Å². The van der Waals surface area contributed by atoms with Crippen LogP contribution in [-0.2, 0) is 10.3 Å². The zero-order valence-corrected chi connectivity index (χ0v) is 17.2. The molecule has 3 aromatic carbocycles. The third-order valence-corrected chi connectivity index (χ3v) is 5.70. The molecule has 3 aromatic rings. The van der Waals surface area contributed by atoms with Gasteiger partial charge in [0.25, 0.3) is 0 Å². The Morgan fingerprint density at radius 3 is 2.35 bits per heavy atom. The average Bonchev–Trinajstić information content (AvgIpc) is 2.99. The van der Waals surface area contributed by atoms with E-state index in [-0.39, 0.29) is 34.3 Å². The number of benzene rings is 3. The number of Topliss-reactive ketones (excluding diaryl/α,β-unsaturated/α-hetero) is 1. The fourth-order valence-corrected chi connectivity index (χ4v) is 4.37. The highest BCUT2D eigenvalue weighted by Gasteiger charge is 2.55. The van der Waals surface area contributed by atoms with Gasteiger partial charge in [-0.25, -0.2) is 4.79 Å². The van der Waals surface area contributed by atoms with Gasteiger partial charge in [0, 0.05) is 34.2 Å². The maximum Gasteiger partial charge on any atom is 0.340 e. The second-order valence-electron chi connectivity index (χ2n) is 8.84. The number of ether oxygens (including phenoxy) is 2. The monoisotopic (exact) mass is 416 g/mol. The van der Waals surface area contributed by atoms with Gasteiger partial charge in [-0.3, -0.25) is 4.79 Å². The molecule has 0 radical (unpaired) electrons. The molecule has 2 aliphatic rings. The molecule has 31 heavy (non-hydrogen) atoms. The molecule has 0 fully saturated rings. The molecular weight excluding hydrogens is 396 g/mol. The van der Waals surface area contributed by atoms with Crippen molar-refractivity contribution in [1.29, 1.82) is 0 Å². The topological polar surface area (TPSA) is 93.1 Å². The number of aromatic hydroxyl groups is 2. The quantitative estimate of drug-likeness (QED) is 0.433. The second kappa shape index (κ2) is 6.11. The van der Waals surface area contributed by atoms with Crippen LogP contribution in [0, 0.1) is 5.41 Å². The molecule has 0 saturated carbocycles. The van der Waals surface area contributed by atoms with Gasteiger partial charge in [-0.05, 0) is 24.3 Å². The van der Waals surface area contributed by atoms with E-state index in [9.17, 15) is 19.8 Å². The standard InChI is InChI=1S/C25H20O6/c1-24(2,3)22(28)16-10-14(27)12-20-21(16)25(18-9-8-13(26)11-19(18)30-20)17-7-5-4-6-15(17)23(29)31-25/h4-12,26-27H,1-3H3. The van der Waals surface area contributed by atoms with Crippen LogP contribution in [0.5, 0.6) is 23.0 Å². The fourth-order valence-electron chi connectivity index (χ4n) is 4.37. The molecule has 2 N–H and O–H groups in total. The smallest absolute Gasteiger partial charge is 0.340 e. The molecule has 2 heterocycles. The minimum atomic E-state index is -1.45. The molecule has 0 saturated heterocycles. The summed E-state index contributed by atoms with van der Waals surface area (Å²) < 4.78 is 12.1. The lowest BCUT2D eigenvalue weighted by Crippen LogP contribution is -2.36. The van der Waals surface area contributed by atoms with Crippen LogP contribution in [0.15, 0.2) is 54.6 Å². The summed E-state index contributed by atoms with van der Waals surface area (Å²) in [5.41, 5.74) is -0.187. The molecule has 6 heteroatoms. The molecule has 1 spiro atoms. The molecule has 1 atom stereocenters. The van der Waals surface area contributed by atoms with E-state index < -0.39 is 17.0 Å². The van der Waals surface area contributed by atoms with Gasteiger partial charge < -0.3 is 19.7 Å². The van der Waals surface area contributed by atoms with Crippen LogP contribution in [-0.4, -0.2) is 22.0 Å². The maximum atomic E-state index is 13.4. The fraction of sp³-hybridized carbons (Fsp3) is 0.200. The van der Waals surface area contributed by atoms with Gasteiger partial charge in [0.2, 0.25) is 0 Å². The van der Waals surface area contributed by atoms with Crippen molar-refractivity contribution >= 4 is 11.8 Å². The minimum Gasteiger partial charge on any atom is -0.508 e. The normalized spacial score (nSPS) is 18.6. The van der Waals surface area contributed by atoms with Crippen LogP contribution in [0.4, 0.5) is 0 Å². The first kappa shape index (κ1) is 19.2. The lowest BCUT2D eigenvalue weighted by Gasteiger charge is -2.38. The van der Waals surface area contributed by atoms with Gasteiger partial charge in [-0.1, -0.05) is 39.0 Å². The van der Waals surface area contributed by atoms with Crippen LogP contribution in [0.1, 0.15) is 58.2 Å². The van der Waals surface area contributed by atoms with E-state index in [2.05, 4.69) is 0 Å². The number of ketones is 1. The Hall–Kier alpha value is -3.80. The number of fused-ring (bicyclic) bond motifs is 6. The SMILES string of the molecule is CC(C)(C)C(=O)c1cc(O)cc2c1C1(OC(=O)c3ccccc31)c1ccc(O)cc1O2. The summed E-state index contributed by atoms with van der Waals surface area (Å²) in [5, 5.41) is 20.4. The molecule has 2 aliphatic heterocycles. The molecule has 0 aromatic heterocycles. The summed E-state index contributed by atoms with van der Waals surface area (Å²) in [6, 6.07) is 14.3. The Morgan fingerprint density at radius 1 is 0.903 bits per heavy atom. The summed E-state index contributed by atoms with van der Waals surface area (Å²) in [7, 11) is 0. The van der Waals surface area contributed by atoms with Crippen molar-refractivity contribution in [3.63, 3.8) is 0 Å². The zero-order chi connectivity index (χ0) is 22.1. The second-order valence-corrected chi connectivity index (χ2v) is 8.84. The number of esters is 1. The van der Waals surface area contributed by atoms with Crippen molar-refractivity contribution in [2.75, 3.05) is 0 Å². The van der Waals surface area contributed by atoms with Crippen molar-refractivity contribution in [3.05, 3.63) is 82.4 Å². The van der Waals surface area contributed by atoms with Crippen molar-refractivity contribution in [2.45, 2.75) is 26.4 Å². The lowest BCUT2D eigenvalue weighted by atomic mass is 9.73. The minimum absolute atomic E-state index is 0.0268. The molecule has 0 bridgehead atoms. The number of carbonyl (C=O) groups is 2. The van der Waals surface area contributed by atoms with Gasteiger partial charge in [-0.15, -0.1) is 0 Å². The molecule has 0 amide bonds. The van der Waals surface area contributed by atoms with Crippen molar-refractivity contribution in [3.8, 4) is 23.0 Å². The first-order valence-corrected chi connectivity index (χ1v) is 9.89. The molecule has 6 nitrogen and oxygen atoms in total. The van der Waals surface area contributed by atoms with Gasteiger partial charge in [0.1, 0.15) is 23.0 Å². The number of hydrogen-bond acceptors (Lipinski definition) is 6. The third-order valence-electron chi connectivity index (χ3n) is 5.70. The van der Waals surface area contributed by atoms with E-state index in [1.807, 2.05) is 0 Å². The number of phenolic OH excluding ortho intramolecular Hbond substituents is 2. The first-order chi connectivity index (χ1) is 14.6. The predicted octanol–water partition coefficient (Wildman–Crippen LogP) is 4.89. The Kier molecular flexibility index (Phi) is 3.78. The highest BCUT2D eigenvalue weighted by molar-refractivity contribution is 6.04. The Labute approximate surface area is 178 Å². The van der Waals surface area contributed by atoms with Gasteiger partial charge in [0.05, 0.1) is 11.1 Å². The molecule has 156 valence electrons. The Balaban J connectivity index is 1.94. The number of hydrogen-bond donors (Lipinski definition) is 2. The number of phenols is 2. The summed E-state index contributed by atoms with van der Waals surface area (Å²) in [6.07, 6.45) is 0. The van der Waals surface area contributed by atoms with E-state index in [1.165, 1.54) is 24.3 Å². The lowest BCUT2D eigenvalue weighted by molar-refractivity contribution is 0.0219. The molecule has 1 unspecified atom stereocenters. The largest absolute Gasteiger partial charge is 0.508 e. The highest BCUT2D eigenvalue weighted by Crippen LogP contribution is 2.58. The first-order valence-electron chi connectivity index (χ1n) is 9.89. The van der Waals surface area contributed by atoms with E-state index >= 15 is 0 Å². The molecule has 5 rings (SSSR count). The molecular formula is C25H20O6. The Bertz CT molecular complexity index is 1280. The summed E-state index contributed by atoms with van der Waals surface area (Å²) in [5.74, 6) is -0.467. The van der Waals surface area contributed by atoms with E-state index in [0.29, 0.717) is 22.3 Å². The van der Waals surface area contributed by atoms with E-state index in [0.717, 1.165) is 0 Å². The average molecular weight is 416 g/mol. The third kappa shape index (κ3) is 2.57. The van der Waals surface area contributed by atoms with Gasteiger partial charge in [0.15, 0.2) is 11.4 Å². The van der Waals surface area contributed by atoms with Crippen LogP contribution in [0.2, 0.25) is 0 Å². The molecule has 0 aliphatic carbocycles. The predicted molar refractivity (Wildman–Crippen MR) is 112 cm³/mol. The summed E-state index contributed by atoms with van der Waals surface area (Å²) in [4.78, 5) is 26.4. The van der Waals surface area contributed by atoms with Crippen LogP contribution in [0.25, 0.3) is 0 Å². The van der Waals surface area contributed by atoms with Crippen molar-refractivity contribution in [2.24, 2.45) is 5.41 Å². The Morgan fingerprint density at radius 2 is 1.61 bits per heavy atom. The van der Waals surface area contributed by atoms with Gasteiger partial charge >= 0.3 is 5.97 Å².